The molecule has 5 N–H and O–H groups in total. The van der Waals surface area contributed by atoms with Crippen molar-refractivity contribution in [2.75, 3.05) is 18.1 Å². The highest BCUT2D eigenvalue weighted by atomic mass is 32.2. The lowest BCUT2D eigenvalue weighted by Gasteiger charge is -2.16. The molecule has 0 saturated carbocycles. The van der Waals surface area contributed by atoms with Gasteiger partial charge in [-0.25, -0.2) is 14.6 Å². The molecule has 1 atom stereocenters. The predicted octanol–water partition coefficient (Wildman–Crippen LogP) is 3.53. The van der Waals surface area contributed by atoms with E-state index in [1.54, 1.807) is 6.92 Å². The van der Waals surface area contributed by atoms with Crippen LogP contribution < -0.4 is 5.32 Å². The maximum Gasteiger partial charge on any atom is 0.335 e. The number of amides is 1. The van der Waals surface area contributed by atoms with Gasteiger partial charge >= 0.3 is 11.9 Å². The average molecular weight is 666 g/mol. The fourth-order valence-electron chi connectivity index (χ4n) is 3.73. The minimum Gasteiger partial charge on any atom is -0.478 e. The number of carbonyl (C=O) groups excluding carboxylic acids is 1. The highest BCUT2D eigenvalue weighted by molar-refractivity contribution is 8.00. The number of aromatic amines is 1. The zero-order valence-corrected chi connectivity index (χ0v) is 26.1. The van der Waals surface area contributed by atoms with Gasteiger partial charge in [-0.15, -0.1) is 15.3 Å². The summed E-state index contributed by atoms with van der Waals surface area (Å²) in [5.74, 6) is -3.82. The van der Waals surface area contributed by atoms with Gasteiger partial charge in [-0.2, -0.15) is 22.4 Å². The summed E-state index contributed by atoms with van der Waals surface area (Å²) in [4.78, 5) is 44.3. The molecule has 0 fully saturated rings. The van der Waals surface area contributed by atoms with Crippen molar-refractivity contribution in [2.24, 2.45) is 10.2 Å². The molecule has 0 spiro atoms. The number of H-pyrrole nitrogens is 1. The molecule has 1 unspecified atom stereocenters. The number of benzene rings is 1. The zero-order valence-electron chi connectivity index (χ0n) is 23.7. The van der Waals surface area contributed by atoms with E-state index in [0.29, 0.717) is 22.9 Å². The second-order valence-corrected chi connectivity index (χ2v) is 13.9. The van der Waals surface area contributed by atoms with Crippen LogP contribution in [0.2, 0.25) is 0 Å². The topological polar surface area (TPSA) is 255 Å². The van der Waals surface area contributed by atoms with Gasteiger partial charge in [-0.3, -0.25) is 14.4 Å². The SMILES string of the molecule is CC(CNC(=O)c1cc(C(=O)O)cc(C(=O)O)c1)c1nc2c(N=Nc3nc(SCCS(=O)(=O)O)ns3)c(C(C)(C)C)[nH]n2n1. The van der Waals surface area contributed by atoms with Gasteiger partial charge in [-0.1, -0.05) is 39.5 Å². The first-order valence-electron chi connectivity index (χ1n) is 12.7. The number of fused-ring (bicyclic) bond motifs is 1. The van der Waals surface area contributed by atoms with E-state index in [9.17, 15) is 33.0 Å². The summed E-state index contributed by atoms with van der Waals surface area (Å²) in [6.45, 7) is 7.69. The highest BCUT2D eigenvalue weighted by Crippen LogP contribution is 2.35. The van der Waals surface area contributed by atoms with Crippen LogP contribution >= 0.6 is 23.3 Å². The monoisotopic (exact) mass is 665 g/mol. The normalized spacial score (nSPS) is 13.0. The maximum absolute atomic E-state index is 12.8. The van der Waals surface area contributed by atoms with E-state index in [0.717, 1.165) is 41.5 Å². The summed E-state index contributed by atoms with van der Waals surface area (Å²) >= 11 is 2.01. The number of azo groups is 1. The van der Waals surface area contributed by atoms with E-state index in [4.69, 9.17) is 4.55 Å². The highest BCUT2D eigenvalue weighted by Gasteiger charge is 2.27. The van der Waals surface area contributed by atoms with Gasteiger partial charge in [-0.05, 0) is 18.2 Å². The van der Waals surface area contributed by atoms with E-state index >= 15 is 0 Å². The van der Waals surface area contributed by atoms with Gasteiger partial charge in [0.15, 0.2) is 11.5 Å². The van der Waals surface area contributed by atoms with Gasteiger partial charge in [0.2, 0.25) is 15.9 Å². The Bertz CT molecular complexity index is 1840. The van der Waals surface area contributed by atoms with Crippen molar-refractivity contribution < 1.29 is 37.6 Å². The second-order valence-electron chi connectivity index (χ2n) is 10.5. The molecule has 1 aromatic carbocycles. The fraction of sp³-hybridized carbons (Fsp3) is 0.375. The summed E-state index contributed by atoms with van der Waals surface area (Å²) in [5.41, 5.74) is 0.259. The lowest BCUT2D eigenvalue weighted by atomic mass is 9.91. The van der Waals surface area contributed by atoms with E-state index in [2.05, 4.69) is 40.1 Å². The van der Waals surface area contributed by atoms with Crippen molar-refractivity contribution >= 4 is 67.7 Å². The molecule has 4 aromatic rings. The molecule has 0 aliphatic carbocycles. The summed E-state index contributed by atoms with van der Waals surface area (Å²) in [5, 5.41) is 37.9. The number of carboxylic acid groups (broad SMARTS) is 2. The van der Waals surface area contributed by atoms with Crippen LogP contribution in [0.25, 0.3) is 5.65 Å². The standard InChI is InChI=1S/C24H27N9O8S3/c1-11(10-25-19(34)12-7-13(20(35)36)9-14(8-12)21(37)38)17-26-18-15(16(24(2,3)4)30-33(18)31-17)28-29-22-27-23(32-43-22)42-5-6-44(39,40)41/h7-9,11,30H,5-6,10H2,1-4H3,(H,25,34)(H,35,36)(H,37,38)(H,39,40,41). The fourth-order valence-corrected chi connectivity index (χ4v) is 6.03. The molecule has 0 aliphatic rings. The summed E-state index contributed by atoms with van der Waals surface area (Å²) < 4.78 is 36.2. The molecule has 3 aromatic heterocycles. The lowest BCUT2D eigenvalue weighted by Crippen LogP contribution is -2.28. The second kappa shape index (κ2) is 12.8. The number of thioether (sulfide) groups is 1. The van der Waals surface area contributed by atoms with Crippen LogP contribution in [-0.4, -0.2) is 88.2 Å². The molecule has 0 bridgehead atoms. The third-order valence-electron chi connectivity index (χ3n) is 5.94. The zero-order chi connectivity index (χ0) is 32.4. The maximum atomic E-state index is 12.8. The van der Waals surface area contributed by atoms with Crippen molar-refractivity contribution in [3.63, 3.8) is 0 Å². The van der Waals surface area contributed by atoms with Crippen molar-refractivity contribution in [2.45, 2.75) is 44.2 Å². The first-order chi connectivity index (χ1) is 20.5. The molecule has 0 aliphatic heterocycles. The number of carboxylic acids is 2. The van der Waals surface area contributed by atoms with Crippen LogP contribution in [0.1, 0.15) is 76.2 Å². The Morgan fingerprint density at radius 1 is 1.09 bits per heavy atom. The van der Waals surface area contributed by atoms with Crippen LogP contribution in [0.15, 0.2) is 33.6 Å². The molecular weight excluding hydrogens is 639 g/mol. The number of aromatic nitrogens is 6. The van der Waals surface area contributed by atoms with Crippen LogP contribution in [-0.2, 0) is 15.5 Å². The van der Waals surface area contributed by atoms with Crippen molar-refractivity contribution in [1.82, 2.24) is 34.5 Å². The Kier molecular flexibility index (Phi) is 9.47. The number of rotatable bonds is 12. The first-order valence-corrected chi connectivity index (χ1v) is 16.1. The number of hydrogen-bond acceptors (Lipinski definition) is 13. The quantitative estimate of drug-likeness (QED) is 0.0825. The Balaban J connectivity index is 1.52. The first kappa shape index (κ1) is 32.6. The summed E-state index contributed by atoms with van der Waals surface area (Å²) in [7, 11) is -4.09. The largest absolute Gasteiger partial charge is 0.478 e. The molecule has 0 saturated heterocycles. The van der Waals surface area contributed by atoms with Crippen molar-refractivity contribution in [3.8, 4) is 0 Å². The molecule has 4 rings (SSSR count). The van der Waals surface area contributed by atoms with Crippen LogP contribution in [0.4, 0.5) is 10.8 Å². The average Bonchev–Trinajstić information content (AvgIpc) is 3.64. The number of hydrogen-bond donors (Lipinski definition) is 5. The number of nitrogens with zero attached hydrogens (tertiary/aromatic N) is 7. The van der Waals surface area contributed by atoms with E-state index in [1.807, 2.05) is 20.8 Å². The molecular formula is C24H27N9O8S3. The summed E-state index contributed by atoms with van der Waals surface area (Å²) in [6.07, 6.45) is 0. The van der Waals surface area contributed by atoms with Crippen LogP contribution in [0.3, 0.4) is 0 Å². The van der Waals surface area contributed by atoms with Crippen LogP contribution in [0.5, 0.6) is 0 Å². The van der Waals surface area contributed by atoms with Crippen molar-refractivity contribution in [3.05, 3.63) is 46.4 Å². The molecule has 234 valence electrons. The van der Waals surface area contributed by atoms with Gasteiger partial charge in [0.05, 0.1) is 22.6 Å². The van der Waals surface area contributed by atoms with E-state index in [1.165, 1.54) is 4.63 Å². The molecule has 44 heavy (non-hydrogen) atoms. The number of nitrogens with one attached hydrogen (secondary N) is 2. The molecule has 0 radical (unpaired) electrons. The number of aromatic carboxylic acids is 2. The third kappa shape index (κ3) is 8.01. The minimum absolute atomic E-state index is 0.0531. The van der Waals surface area contributed by atoms with Gasteiger partial charge in [0.1, 0.15) is 0 Å². The van der Waals surface area contributed by atoms with Gasteiger partial charge in [0, 0.05) is 40.7 Å². The van der Waals surface area contributed by atoms with E-state index < -0.39 is 45.0 Å². The minimum atomic E-state index is -4.09. The predicted molar refractivity (Wildman–Crippen MR) is 158 cm³/mol. The smallest absolute Gasteiger partial charge is 0.335 e. The lowest BCUT2D eigenvalue weighted by molar-refractivity contribution is 0.0696. The number of carbonyl (C=O) groups is 3. The van der Waals surface area contributed by atoms with Crippen molar-refractivity contribution in [1.29, 1.82) is 0 Å². The van der Waals surface area contributed by atoms with Gasteiger partial charge < -0.3 is 15.5 Å². The molecule has 1 amide bonds. The molecule has 17 nitrogen and oxygen atoms in total. The van der Waals surface area contributed by atoms with E-state index in [-0.39, 0.29) is 39.3 Å². The Morgan fingerprint density at radius 3 is 2.32 bits per heavy atom. The van der Waals surface area contributed by atoms with Gasteiger partial charge in [0.25, 0.3) is 16.0 Å². The summed E-state index contributed by atoms with van der Waals surface area (Å²) in [6, 6.07) is 3.16. The van der Waals surface area contributed by atoms with Crippen LogP contribution in [0, 0.1) is 0 Å². The molecule has 20 heteroatoms. The Hall–Kier alpha value is -4.27. The Labute approximate surface area is 258 Å². The third-order valence-corrected chi connectivity index (χ3v) is 8.49. The Morgan fingerprint density at radius 2 is 1.73 bits per heavy atom. The molecule has 3 heterocycles.